The van der Waals surface area contributed by atoms with Crippen LogP contribution in [0, 0.1) is 11.6 Å². The Bertz CT molecular complexity index is 1160. The number of aromatic amines is 1. The fraction of sp³-hybridized carbons (Fsp3) is 0.111. The number of carbonyl (C=O) groups is 1. The van der Waals surface area contributed by atoms with Gasteiger partial charge in [-0.1, -0.05) is 0 Å². The minimum Gasteiger partial charge on any atom is -0.506 e. The molecule has 0 aliphatic carbocycles. The van der Waals surface area contributed by atoms with Crippen LogP contribution in [-0.4, -0.2) is 32.2 Å². The van der Waals surface area contributed by atoms with Crippen molar-refractivity contribution in [3.8, 4) is 11.7 Å². The normalized spacial score (nSPS) is 11.3. The summed E-state index contributed by atoms with van der Waals surface area (Å²) in [7, 11) is 0. The summed E-state index contributed by atoms with van der Waals surface area (Å²) in [6.45, 7) is 1.74. The highest BCUT2D eigenvalue weighted by atomic mass is 19.1. The first-order chi connectivity index (χ1) is 12.5. The molecule has 0 amide bonds. The highest BCUT2D eigenvalue weighted by Crippen LogP contribution is 2.30. The van der Waals surface area contributed by atoms with Crippen molar-refractivity contribution < 1.29 is 23.4 Å². The molecule has 2 aromatic heterocycles. The number of H-pyrrole nitrogens is 1. The van der Waals surface area contributed by atoms with E-state index < -0.39 is 17.6 Å². The quantitative estimate of drug-likeness (QED) is 0.548. The summed E-state index contributed by atoms with van der Waals surface area (Å²) < 4.78 is 34.0. The van der Waals surface area contributed by atoms with Gasteiger partial charge in [-0.05, 0) is 37.3 Å². The van der Waals surface area contributed by atoms with E-state index in [4.69, 9.17) is 4.74 Å². The van der Waals surface area contributed by atoms with Gasteiger partial charge < -0.3 is 14.8 Å². The lowest BCUT2D eigenvalue weighted by molar-refractivity contribution is 0.0523. The highest BCUT2D eigenvalue weighted by Gasteiger charge is 2.21. The van der Waals surface area contributed by atoms with Crippen molar-refractivity contribution in [1.29, 1.82) is 0 Å². The monoisotopic (exact) mass is 357 g/mol. The average molecular weight is 357 g/mol. The number of aromatic hydroxyl groups is 1. The van der Waals surface area contributed by atoms with E-state index in [-0.39, 0.29) is 29.4 Å². The van der Waals surface area contributed by atoms with Crippen LogP contribution >= 0.6 is 0 Å². The van der Waals surface area contributed by atoms with Crippen molar-refractivity contribution in [1.82, 2.24) is 14.5 Å². The first-order valence-corrected chi connectivity index (χ1v) is 7.85. The zero-order chi connectivity index (χ0) is 18.4. The summed E-state index contributed by atoms with van der Waals surface area (Å²) in [5.41, 5.74) is 0.797. The number of rotatable bonds is 3. The number of halogens is 2. The topological polar surface area (TPSA) is 80.1 Å². The zero-order valence-corrected chi connectivity index (χ0v) is 13.6. The molecule has 0 aliphatic heterocycles. The Labute approximate surface area is 145 Å². The van der Waals surface area contributed by atoms with Gasteiger partial charge in [0, 0.05) is 5.39 Å². The minimum absolute atomic E-state index is 0.108. The SMILES string of the molecule is CCOC(=O)c1c(F)ccc2nc(-n3cc(O)c4cc(F)ccc43)[nH]c12. The van der Waals surface area contributed by atoms with Crippen molar-refractivity contribution in [2.24, 2.45) is 0 Å². The summed E-state index contributed by atoms with van der Waals surface area (Å²) in [6, 6.07) is 6.51. The molecule has 0 saturated carbocycles. The second kappa shape index (κ2) is 5.83. The van der Waals surface area contributed by atoms with E-state index in [0.29, 0.717) is 16.4 Å². The van der Waals surface area contributed by atoms with Gasteiger partial charge in [-0.15, -0.1) is 0 Å². The lowest BCUT2D eigenvalue weighted by atomic mass is 10.2. The number of hydrogen-bond donors (Lipinski definition) is 2. The van der Waals surface area contributed by atoms with Crippen LogP contribution < -0.4 is 0 Å². The molecule has 6 nitrogen and oxygen atoms in total. The predicted molar refractivity (Wildman–Crippen MR) is 90.5 cm³/mol. The largest absolute Gasteiger partial charge is 0.506 e. The number of imidazole rings is 1. The Balaban J connectivity index is 1.94. The van der Waals surface area contributed by atoms with Gasteiger partial charge in [0.15, 0.2) is 0 Å². The number of benzene rings is 2. The Kier molecular flexibility index (Phi) is 3.61. The van der Waals surface area contributed by atoms with Crippen molar-refractivity contribution in [2.45, 2.75) is 6.92 Å². The maximum Gasteiger partial charge on any atom is 0.343 e. The van der Waals surface area contributed by atoms with Crippen LogP contribution in [0.25, 0.3) is 27.9 Å². The summed E-state index contributed by atoms with van der Waals surface area (Å²) in [4.78, 5) is 19.3. The fourth-order valence-corrected chi connectivity index (χ4v) is 2.92. The molecule has 0 radical (unpaired) electrons. The Morgan fingerprint density at radius 2 is 2.12 bits per heavy atom. The van der Waals surface area contributed by atoms with Gasteiger partial charge in [-0.25, -0.2) is 18.6 Å². The van der Waals surface area contributed by atoms with Gasteiger partial charge >= 0.3 is 5.97 Å². The molecule has 0 fully saturated rings. The van der Waals surface area contributed by atoms with E-state index in [0.717, 1.165) is 6.07 Å². The molecule has 0 unspecified atom stereocenters. The van der Waals surface area contributed by atoms with E-state index in [1.165, 1.54) is 35.0 Å². The number of nitrogens with zero attached hydrogens (tertiary/aromatic N) is 2. The molecule has 0 atom stereocenters. The van der Waals surface area contributed by atoms with Gasteiger partial charge in [0.05, 0.1) is 29.4 Å². The fourth-order valence-electron chi connectivity index (χ4n) is 2.92. The highest BCUT2D eigenvalue weighted by molar-refractivity contribution is 6.02. The first-order valence-electron chi connectivity index (χ1n) is 7.85. The maximum atomic E-state index is 14.2. The van der Waals surface area contributed by atoms with Gasteiger partial charge in [0.1, 0.15) is 22.9 Å². The molecule has 132 valence electrons. The number of nitrogens with one attached hydrogen (secondary N) is 1. The van der Waals surface area contributed by atoms with E-state index in [2.05, 4.69) is 9.97 Å². The second-order valence-electron chi connectivity index (χ2n) is 5.64. The molecule has 2 aromatic carbocycles. The number of esters is 1. The molecule has 0 bridgehead atoms. The standard InChI is InChI=1S/C18H13F2N3O3/c1-2-26-17(25)15-11(20)4-5-12-16(15)22-18(21-12)23-8-14(24)10-7-9(19)3-6-13(10)23/h3-8,24H,2H2,1H3,(H,21,22). The maximum absolute atomic E-state index is 14.2. The summed E-state index contributed by atoms with van der Waals surface area (Å²) in [6.07, 6.45) is 1.36. The molecule has 26 heavy (non-hydrogen) atoms. The second-order valence-corrected chi connectivity index (χ2v) is 5.64. The van der Waals surface area contributed by atoms with Crippen LogP contribution in [-0.2, 0) is 4.74 Å². The number of fused-ring (bicyclic) bond motifs is 2. The molecule has 0 spiro atoms. The van der Waals surface area contributed by atoms with Crippen molar-refractivity contribution in [3.05, 3.63) is 53.7 Å². The molecule has 4 rings (SSSR count). The molecular formula is C18H13F2N3O3. The minimum atomic E-state index is -0.798. The van der Waals surface area contributed by atoms with Crippen LogP contribution in [0.4, 0.5) is 8.78 Å². The molecular weight excluding hydrogens is 344 g/mol. The first kappa shape index (κ1) is 16.1. The molecule has 4 aromatic rings. The number of carbonyl (C=O) groups excluding carboxylic acids is 1. The van der Waals surface area contributed by atoms with Gasteiger partial charge in [-0.3, -0.25) is 4.57 Å². The summed E-state index contributed by atoms with van der Waals surface area (Å²) in [5.74, 6) is -1.90. The molecule has 0 aliphatic rings. The van der Waals surface area contributed by atoms with Gasteiger partial charge in [0.2, 0.25) is 5.95 Å². The van der Waals surface area contributed by atoms with E-state index >= 15 is 0 Å². The van der Waals surface area contributed by atoms with E-state index in [1.807, 2.05) is 0 Å². The van der Waals surface area contributed by atoms with Crippen molar-refractivity contribution in [3.63, 3.8) is 0 Å². The average Bonchev–Trinajstić information content (AvgIpc) is 3.16. The molecule has 0 saturated heterocycles. The smallest absolute Gasteiger partial charge is 0.343 e. The number of aromatic nitrogens is 3. The predicted octanol–water partition coefficient (Wildman–Crippen LogP) is 3.67. The number of ether oxygens (including phenoxy) is 1. The Morgan fingerprint density at radius 1 is 1.31 bits per heavy atom. The molecule has 8 heteroatoms. The van der Waals surface area contributed by atoms with Gasteiger partial charge in [0.25, 0.3) is 0 Å². The molecule has 2 heterocycles. The van der Waals surface area contributed by atoms with Crippen molar-refractivity contribution >= 4 is 27.9 Å². The zero-order valence-electron chi connectivity index (χ0n) is 13.6. The van der Waals surface area contributed by atoms with E-state index in [9.17, 15) is 18.7 Å². The lowest BCUT2D eigenvalue weighted by Gasteiger charge is -2.04. The van der Waals surface area contributed by atoms with Crippen LogP contribution in [0.3, 0.4) is 0 Å². The third kappa shape index (κ3) is 2.38. The summed E-state index contributed by atoms with van der Waals surface area (Å²) >= 11 is 0. The summed E-state index contributed by atoms with van der Waals surface area (Å²) in [5, 5.41) is 10.4. The van der Waals surface area contributed by atoms with Crippen LogP contribution in [0.15, 0.2) is 36.5 Å². The number of hydrogen-bond acceptors (Lipinski definition) is 4. The van der Waals surface area contributed by atoms with Crippen molar-refractivity contribution in [2.75, 3.05) is 6.61 Å². The lowest BCUT2D eigenvalue weighted by Crippen LogP contribution is -2.08. The molecule has 2 N–H and O–H groups in total. The van der Waals surface area contributed by atoms with Crippen LogP contribution in [0.5, 0.6) is 5.75 Å². The van der Waals surface area contributed by atoms with Gasteiger partial charge in [-0.2, -0.15) is 0 Å². The Morgan fingerprint density at radius 3 is 2.88 bits per heavy atom. The van der Waals surface area contributed by atoms with Crippen LogP contribution in [0.1, 0.15) is 17.3 Å². The van der Waals surface area contributed by atoms with Crippen LogP contribution in [0.2, 0.25) is 0 Å². The van der Waals surface area contributed by atoms with E-state index in [1.54, 1.807) is 6.92 Å². The third-order valence-electron chi connectivity index (χ3n) is 4.05. The third-order valence-corrected chi connectivity index (χ3v) is 4.05. The Hall–Kier alpha value is -3.42.